The smallest absolute Gasteiger partial charge is 0.408 e. The molecule has 38 heavy (non-hydrogen) atoms. The highest BCUT2D eigenvalue weighted by Gasteiger charge is 2.20. The van der Waals surface area contributed by atoms with Gasteiger partial charge in [0, 0.05) is 48.3 Å². The van der Waals surface area contributed by atoms with Gasteiger partial charge >= 0.3 is 10.3 Å². The fraction of sp³-hybridized carbons (Fsp3) is 0.308. The lowest BCUT2D eigenvalue weighted by molar-refractivity contribution is -0.654. The fourth-order valence-electron chi connectivity index (χ4n) is 4.35. The average Bonchev–Trinajstić information content (AvgIpc) is 3.49. The Kier molecular flexibility index (Phi) is 10.3. The van der Waals surface area contributed by atoms with Crippen molar-refractivity contribution in [2.75, 3.05) is 36.0 Å². The summed E-state index contributed by atoms with van der Waals surface area (Å²) >= 11 is 3.16. The van der Waals surface area contributed by atoms with Gasteiger partial charge in [-0.3, -0.25) is 0 Å². The maximum Gasteiger partial charge on any atom is 0.408 e. The van der Waals surface area contributed by atoms with Crippen molar-refractivity contribution < 1.29 is 33.9 Å². The number of aryl methyl sites for hydroxylation is 4. The first-order valence-electron chi connectivity index (χ1n) is 11.9. The molecule has 5 rings (SSSR count). The van der Waals surface area contributed by atoms with Gasteiger partial charge in [-0.2, -0.15) is 0 Å². The zero-order valence-electron chi connectivity index (χ0n) is 21.8. The lowest BCUT2D eigenvalue weighted by Gasteiger charge is -2.38. The van der Waals surface area contributed by atoms with Crippen LogP contribution < -0.4 is 43.7 Å². The Morgan fingerprint density at radius 1 is 0.632 bits per heavy atom. The van der Waals surface area contributed by atoms with E-state index in [0.29, 0.717) is 0 Å². The van der Waals surface area contributed by atoms with Crippen LogP contribution >= 0.6 is 22.7 Å². The number of benzene rings is 2. The minimum absolute atomic E-state index is 0. The van der Waals surface area contributed by atoms with E-state index < -0.39 is 0 Å². The third-order valence-electron chi connectivity index (χ3n) is 6.34. The molecule has 1 saturated heterocycles. The van der Waals surface area contributed by atoms with Crippen molar-refractivity contribution in [2.24, 2.45) is 34.6 Å². The predicted molar refractivity (Wildman–Crippen MR) is 146 cm³/mol. The second-order valence-corrected chi connectivity index (χ2v) is 10.7. The summed E-state index contributed by atoms with van der Waals surface area (Å²) in [6, 6.07) is 12.7. The van der Waals surface area contributed by atoms with Crippen LogP contribution in [-0.2, 0) is 14.1 Å². The molecule has 8 nitrogen and oxygen atoms in total. The Hall–Kier alpha value is -2.92. The molecule has 2 aromatic carbocycles. The first-order chi connectivity index (χ1) is 17.5. The molecule has 0 saturated carbocycles. The lowest BCUT2D eigenvalue weighted by Crippen LogP contribution is -3.00. The number of aromatic nitrogens is 2. The molecule has 0 unspecified atom stereocenters. The van der Waals surface area contributed by atoms with Crippen molar-refractivity contribution in [2.45, 2.75) is 13.8 Å². The van der Waals surface area contributed by atoms with E-state index in [2.05, 4.69) is 80.5 Å². The fourth-order valence-corrected chi connectivity index (χ4v) is 5.71. The van der Waals surface area contributed by atoms with E-state index in [1.54, 1.807) is 22.7 Å². The van der Waals surface area contributed by atoms with Crippen LogP contribution in [0.25, 0.3) is 0 Å². The van der Waals surface area contributed by atoms with Gasteiger partial charge in [0.1, 0.15) is 23.8 Å². The molecule has 0 bridgehead atoms. The number of nitrogens with zero attached hydrogens (tertiary/aromatic N) is 8. The second kappa shape index (κ2) is 13.2. The van der Waals surface area contributed by atoms with Crippen molar-refractivity contribution >= 4 is 55.7 Å². The molecule has 0 amide bonds. The van der Waals surface area contributed by atoms with Crippen LogP contribution in [0.15, 0.2) is 80.0 Å². The summed E-state index contributed by atoms with van der Waals surface area (Å²) in [4.78, 5) is 4.93. The van der Waals surface area contributed by atoms with Gasteiger partial charge in [0.25, 0.3) is 0 Å². The molecule has 0 aliphatic carbocycles. The second-order valence-electron chi connectivity index (χ2n) is 8.91. The van der Waals surface area contributed by atoms with Gasteiger partial charge in [-0.25, -0.2) is 9.13 Å². The van der Waals surface area contributed by atoms with Crippen molar-refractivity contribution in [1.82, 2.24) is 0 Å². The normalized spacial score (nSPS) is 13.7. The number of hydrogen-bond donors (Lipinski definition) is 0. The van der Waals surface area contributed by atoms with Crippen LogP contribution in [0.5, 0.6) is 0 Å². The number of piperazine rings is 1. The van der Waals surface area contributed by atoms with Crippen LogP contribution in [0.3, 0.4) is 0 Å². The third-order valence-corrected chi connectivity index (χ3v) is 8.02. The average molecular weight is 590 g/mol. The number of hydrogen-bond acceptors (Lipinski definition) is 8. The third kappa shape index (κ3) is 6.74. The van der Waals surface area contributed by atoms with E-state index in [1.807, 2.05) is 46.4 Å². The topological polar surface area (TPSA) is 63.7 Å². The molecule has 0 spiro atoms. The SMILES string of the molecule is Cc1cc(/N=N/c2scc[n+]2C)ccc1N1CCN(c2ccc(/N=N/c3scc[n+]3C)cc2C)CC1.[Cl-].[Cl-]. The maximum atomic E-state index is 4.43. The van der Waals surface area contributed by atoms with Crippen molar-refractivity contribution in [3.05, 3.63) is 70.7 Å². The minimum atomic E-state index is 0. The van der Waals surface area contributed by atoms with E-state index in [-0.39, 0.29) is 24.8 Å². The molecular weight excluding hydrogens is 559 g/mol. The summed E-state index contributed by atoms with van der Waals surface area (Å²) in [5.41, 5.74) is 6.74. The van der Waals surface area contributed by atoms with E-state index in [4.69, 9.17) is 0 Å². The quantitative estimate of drug-likeness (QED) is 0.239. The van der Waals surface area contributed by atoms with Gasteiger partial charge in [-0.05, 0) is 94.3 Å². The Bertz CT molecular complexity index is 1320. The molecule has 2 aromatic heterocycles. The summed E-state index contributed by atoms with van der Waals surface area (Å²) in [6.45, 7) is 8.20. The highest BCUT2D eigenvalue weighted by molar-refractivity contribution is 7.13. The minimum Gasteiger partial charge on any atom is -1.00 e. The Balaban J connectivity index is 0.00000200. The highest BCUT2D eigenvalue weighted by atomic mass is 35.5. The Labute approximate surface area is 243 Å². The number of azo groups is 2. The number of thiazole rings is 2. The van der Waals surface area contributed by atoms with Gasteiger partial charge in [0.2, 0.25) is 0 Å². The summed E-state index contributed by atoms with van der Waals surface area (Å²) < 4.78 is 3.94. The lowest BCUT2D eigenvalue weighted by atomic mass is 10.1. The molecule has 0 atom stereocenters. The van der Waals surface area contributed by atoms with Crippen LogP contribution in [0.1, 0.15) is 11.1 Å². The molecule has 0 N–H and O–H groups in total. The van der Waals surface area contributed by atoms with E-state index in [9.17, 15) is 0 Å². The number of halogens is 2. The summed E-state index contributed by atoms with van der Waals surface area (Å²) in [5.74, 6) is 0. The van der Waals surface area contributed by atoms with Gasteiger partial charge < -0.3 is 34.6 Å². The molecule has 1 fully saturated rings. The molecule has 1 aliphatic rings. The van der Waals surface area contributed by atoms with Crippen molar-refractivity contribution in [3.8, 4) is 0 Å². The van der Waals surface area contributed by atoms with Gasteiger partial charge in [-0.15, -0.1) is 0 Å². The summed E-state index contributed by atoms with van der Waals surface area (Å²) in [5, 5.41) is 23.4. The van der Waals surface area contributed by atoms with E-state index >= 15 is 0 Å². The highest BCUT2D eigenvalue weighted by Crippen LogP contribution is 2.30. The van der Waals surface area contributed by atoms with Gasteiger partial charge in [0.15, 0.2) is 0 Å². The van der Waals surface area contributed by atoms with Gasteiger partial charge in [-0.1, -0.05) is 0 Å². The Morgan fingerprint density at radius 2 is 1.03 bits per heavy atom. The Morgan fingerprint density at radius 3 is 1.34 bits per heavy atom. The maximum absolute atomic E-state index is 4.43. The van der Waals surface area contributed by atoms with Crippen LogP contribution in [0.2, 0.25) is 0 Å². The van der Waals surface area contributed by atoms with E-state index in [0.717, 1.165) is 47.8 Å². The van der Waals surface area contributed by atoms with E-state index in [1.165, 1.54) is 22.5 Å². The largest absolute Gasteiger partial charge is 1.00 e. The molecule has 0 radical (unpaired) electrons. The van der Waals surface area contributed by atoms with Gasteiger partial charge in [0.05, 0.1) is 24.3 Å². The molecular formula is C26H30Cl2N8S2. The van der Waals surface area contributed by atoms with Crippen molar-refractivity contribution in [1.29, 1.82) is 0 Å². The first kappa shape index (κ1) is 29.6. The van der Waals surface area contributed by atoms with Crippen LogP contribution in [0, 0.1) is 13.8 Å². The summed E-state index contributed by atoms with van der Waals surface area (Å²) in [6.07, 6.45) is 3.97. The number of anilines is 2. The number of rotatable bonds is 6. The molecule has 3 heterocycles. The predicted octanol–water partition coefficient (Wildman–Crippen LogP) is 0.241. The molecule has 1 aliphatic heterocycles. The monoisotopic (exact) mass is 588 g/mol. The zero-order valence-corrected chi connectivity index (χ0v) is 24.9. The molecule has 12 heteroatoms. The van der Waals surface area contributed by atoms with Crippen molar-refractivity contribution in [3.63, 3.8) is 0 Å². The standard InChI is InChI=1S/C26H30N8S2.2ClH/c1-19-17-21(27-29-25-31(3)13-15-35-25)5-7-23(19)33-9-11-34(12-10-33)24-8-6-22(18-20(24)2)28-30-26-32(4)14-16-36-26;;/h5-8,13-18H,9-12H2,1-4H3;2*1H/q+2;;/p-2. The molecule has 4 aromatic rings. The van der Waals surface area contributed by atoms with Crippen LogP contribution in [0.4, 0.5) is 33.0 Å². The summed E-state index contributed by atoms with van der Waals surface area (Å²) in [7, 11) is 3.96. The van der Waals surface area contributed by atoms with Crippen LogP contribution in [-0.4, -0.2) is 26.2 Å². The first-order valence-corrected chi connectivity index (χ1v) is 13.6. The molecule has 200 valence electrons. The zero-order chi connectivity index (χ0) is 25.1.